The molecule has 1 aromatic heterocycles. The molecule has 0 bridgehead atoms. The van der Waals surface area contributed by atoms with Crippen LogP contribution >= 0.6 is 0 Å². The van der Waals surface area contributed by atoms with Crippen LogP contribution < -0.4 is 4.18 Å². The van der Waals surface area contributed by atoms with E-state index in [1.165, 1.54) is 28.9 Å². The third-order valence-electron chi connectivity index (χ3n) is 5.15. The summed E-state index contributed by atoms with van der Waals surface area (Å²) >= 11 is 0. The smallest absolute Gasteiger partial charge is 0.311 e. The molecule has 2 aromatic carbocycles. The highest BCUT2D eigenvalue weighted by Gasteiger charge is 2.42. The number of hydrogen-bond acceptors (Lipinski definition) is 4. The molecule has 5 nitrogen and oxygen atoms in total. The molecule has 1 unspecified atom stereocenters. The van der Waals surface area contributed by atoms with Gasteiger partial charge in [-0.15, -0.1) is 0 Å². The largest absolute Gasteiger partial charge is 0.361 e. The molecule has 0 amide bonds. The molecule has 1 fully saturated rings. The quantitative estimate of drug-likeness (QED) is 0.624. The van der Waals surface area contributed by atoms with Crippen LogP contribution in [0, 0.1) is 11.6 Å². The second-order valence-corrected chi connectivity index (χ2v) is 8.77. The maximum Gasteiger partial charge on any atom is 0.311 e. The van der Waals surface area contributed by atoms with Crippen LogP contribution in [0.3, 0.4) is 0 Å². The van der Waals surface area contributed by atoms with E-state index in [0.29, 0.717) is 11.1 Å². The van der Waals surface area contributed by atoms with Gasteiger partial charge in [-0.25, -0.2) is 8.78 Å². The predicted octanol–water partition coefficient (Wildman–Crippen LogP) is 3.88. The number of nitrogens with zero attached hydrogens (tertiary/aromatic N) is 2. The number of benzene rings is 2. The summed E-state index contributed by atoms with van der Waals surface area (Å²) in [7, 11) is -3.92. The summed E-state index contributed by atoms with van der Waals surface area (Å²) in [5, 5.41) is 4.56. The lowest BCUT2D eigenvalue weighted by Gasteiger charge is -2.24. The van der Waals surface area contributed by atoms with E-state index in [0.717, 1.165) is 18.5 Å². The number of aromatic nitrogens is 2. The van der Waals surface area contributed by atoms with Gasteiger partial charge >= 0.3 is 10.1 Å². The van der Waals surface area contributed by atoms with Crippen molar-refractivity contribution in [2.24, 2.45) is 0 Å². The van der Waals surface area contributed by atoms with Gasteiger partial charge in [0, 0.05) is 17.4 Å². The Balaban J connectivity index is 1.76. The monoisotopic (exact) mass is 402 g/mol. The summed E-state index contributed by atoms with van der Waals surface area (Å²) in [5.41, 5.74) is 2.15. The molecular formula is C20H16F2N2O3S. The molecule has 2 heterocycles. The summed E-state index contributed by atoms with van der Waals surface area (Å²) < 4.78 is 59.4. The fourth-order valence-electron chi connectivity index (χ4n) is 3.68. The molecule has 144 valence electrons. The maximum absolute atomic E-state index is 14.4. The Kier molecular flexibility index (Phi) is 3.80. The Hall–Kier alpha value is -2.74. The van der Waals surface area contributed by atoms with E-state index in [2.05, 4.69) is 5.10 Å². The lowest BCUT2D eigenvalue weighted by atomic mass is 9.91. The van der Waals surface area contributed by atoms with Crippen molar-refractivity contribution >= 4 is 10.1 Å². The minimum atomic E-state index is -3.92. The summed E-state index contributed by atoms with van der Waals surface area (Å²) in [6, 6.07) is 11.8. The zero-order chi connectivity index (χ0) is 19.5. The van der Waals surface area contributed by atoms with Crippen LogP contribution in [0.2, 0.25) is 0 Å². The second-order valence-electron chi connectivity index (χ2n) is 7.15. The molecule has 28 heavy (non-hydrogen) atoms. The first-order chi connectivity index (χ1) is 13.4. The van der Waals surface area contributed by atoms with Crippen LogP contribution in [0.15, 0.2) is 48.5 Å². The van der Waals surface area contributed by atoms with Gasteiger partial charge in [0.2, 0.25) is 5.88 Å². The van der Waals surface area contributed by atoms with Crippen molar-refractivity contribution in [2.75, 3.05) is 5.75 Å². The van der Waals surface area contributed by atoms with Gasteiger partial charge in [0.25, 0.3) is 0 Å². The van der Waals surface area contributed by atoms with E-state index in [1.54, 1.807) is 24.3 Å². The lowest BCUT2D eigenvalue weighted by molar-refractivity contribution is 0.444. The first-order valence-corrected chi connectivity index (χ1v) is 10.6. The molecule has 1 aliphatic heterocycles. The second kappa shape index (κ2) is 6.13. The minimum Gasteiger partial charge on any atom is -0.361 e. The van der Waals surface area contributed by atoms with Crippen molar-refractivity contribution in [3.05, 3.63) is 77.0 Å². The first-order valence-electron chi connectivity index (χ1n) is 8.98. The maximum atomic E-state index is 14.4. The summed E-state index contributed by atoms with van der Waals surface area (Å²) in [6.07, 6.45) is 1.87. The lowest BCUT2D eigenvalue weighted by Crippen LogP contribution is -2.27. The van der Waals surface area contributed by atoms with E-state index >= 15 is 0 Å². The SMILES string of the molecule is O=S1(=O)CC(c2ccc(F)cc2)c2c(C3CC3)nn(-c3ccccc3F)c2O1. The fourth-order valence-corrected chi connectivity index (χ4v) is 4.92. The van der Waals surface area contributed by atoms with Gasteiger partial charge < -0.3 is 4.18 Å². The van der Waals surface area contributed by atoms with E-state index < -0.39 is 27.7 Å². The van der Waals surface area contributed by atoms with Crippen molar-refractivity contribution in [1.29, 1.82) is 0 Å². The van der Waals surface area contributed by atoms with Crippen molar-refractivity contribution in [2.45, 2.75) is 24.7 Å². The summed E-state index contributed by atoms with van der Waals surface area (Å²) in [6.45, 7) is 0. The summed E-state index contributed by atoms with van der Waals surface area (Å²) in [5.74, 6) is -1.54. The van der Waals surface area contributed by atoms with E-state index in [-0.39, 0.29) is 23.2 Å². The van der Waals surface area contributed by atoms with Crippen molar-refractivity contribution < 1.29 is 21.4 Å². The molecule has 0 saturated heterocycles. The number of rotatable bonds is 3. The number of halogens is 2. The van der Waals surface area contributed by atoms with Gasteiger partial charge in [0.05, 0.1) is 11.4 Å². The van der Waals surface area contributed by atoms with E-state index in [9.17, 15) is 17.2 Å². The zero-order valence-electron chi connectivity index (χ0n) is 14.7. The van der Waals surface area contributed by atoms with Gasteiger partial charge in [-0.1, -0.05) is 24.3 Å². The average Bonchev–Trinajstić information content (AvgIpc) is 3.43. The molecule has 8 heteroatoms. The van der Waals surface area contributed by atoms with Crippen molar-refractivity contribution in [1.82, 2.24) is 9.78 Å². The Morgan fingerprint density at radius 3 is 2.43 bits per heavy atom. The predicted molar refractivity (Wildman–Crippen MR) is 98.2 cm³/mol. The van der Waals surface area contributed by atoms with Crippen LogP contribution in [-0.2, 0) is 10.1 Å². The molecule has 0 radical (unpaired) electrons. The molecule has 1 aliphatic carbocycles. The molecular weight excluding hydrogens is 386 g/mol. The number of fused-ring (bicyclic) bond motifs is 1. The Bertz CT molecular complexity index is 1170. The van der Waals surface area contributed by atoms with Gasteiger partial charge in [-0.05, 0) is 42.7 Å². The van der Waals surface area contributed by atoms with Crippen molar-refractivity contribution in [3.8, 4) is 11.6 Å². The topological polar surface area (TPSA) is 61.2 Å². The van der Waals surface area contributed by atoms with Gasteiger partial charge in [0.1, 0.15) is 17.3 Å². The van der Waals surface area contributed by atoms with Crippen LogP contribution in [0.4, 0.5) is 8.78 Å². The normalized spacial score (nSPS) is 20.4. The highest BCUT2D eigenvalue weighted by molar-refractivity contribution is 7.87. The van der Waals surface area contributed by atoms with Crippen LogP contribution in [0.5, 0.6) is 5.88 Å². The first kappa shape index (κ1) is 17.4. The fraction of sp³-hybridized carbons (Fsp3) is 0.250. The summed E-state index contributed by atoms with van der Waals surface area (Å²) in [4.78, 5) is 0. The van der Waals surface area contributed by atoms with Gasteiger partial charge in [0.15, 0.2) is 0 Å². The van der Waals surface area contributed by atoms with Crippen LogP contribution in [0.25, 0.3) is 5.69 Å². The number of hydrogen-bond donors (Lipinski definition) is 0. The van der Waals surface area contributed by atoms with Gasteiger partial charge in [-0.3, -0.25) is 0 Å². The Morgan fingerprint density at radius 1 is 1.04 bits per heavy atom. The van der Waals surface area contributed by atoms with Crippen LogP contribution in [0.1, 0.15) is 41.5 Å². The molecule has 2 aliphatic rings. The molecule has 0 N–H and O–H groups in total. The average molecular weight is 402 g/mol. The van der Waals surface area contributed by atoms with Gasteiger partial charge in [-0.2, -0.15) is 18.2 Å². The molecule has 0 spiro atoms. The molecule has 3 aromatic rings. The third-order valence-corrected chi connectivity index (χ3v) is 6.30. The highest BCUT2D eigenvalue weighted by Crippen LogP contribution is 2.49. The zero-order valence-corrected chi connectivity index (χ0v) is 15.5. The minimum absolute atomic E-state index is 0.0209. The molecule has 5 rings (SSSR count). The third kappa shape index (κ3) is 2.88. The van der Waals surface area contributed by atoms with Crippen molar-refractivity contribution in [3.63, 3.8) is 0 Å². The number of para-hydroxylation sites is 1. The highest BCUT2D eigenvalue weighted by atomic mass is 32.2. The molecule has 1 saturated carbocycles. The molecule has 1 atom stereocenters. The van der Waals surface area contributed by atoms with E-state index in [4.69, 9.17) is 4.18 Å². The van der Waals surface area contributed by atoms with Crippen LogP contribution in [-0.4, -0.2) is 24.0 Å². The standard InChI is InChI=1S/C20H16F2N2O3S/c21-14-9-7-12(8-10-14)15-11-28(25,26)27-20-18(15)19(13-5-6-13)23-24(20)17-4-2-1-3-16(17)22/h1-4,7-10,13,15H,5-6,11H2. The Morgan fingerprint density at radius 2 is 1.75 bits per heavy atom. The Labute approximate surface area is 160 Å². The van der Waals surface area contributed by atoms with E-state index in [1.807, 2.05) is 0 Å².